The van der Waals surface area contributed by atoms with Crippen molar-refractivity contribution in [3.63, 3.8) is 0 Å². The maximum atomic E-state index is 5.98. The normalized spacial score (nSPS) is 10.2. The number of methoxy groups -OCH3 is 1. The minimum atomic E-state index is 0.643. The molecule has 0 atom stereocenters. The van der Waals surface area contributed by atoms with Crippen molar-refractivity contribution in [1.82, 2.24) is 4.98 Å². The molecule has 5 heteroatoms. The summed E-state index contributed by atoms with van der Waals surface area (Å²) in [7, 11) is 1.63. The lowest BCUT2D eigenvalue weighted by Gasteiger charge is -2.12. The second kappa shape index (κ2) is 5.27. The van der Waals surface area contributed by atoms with E-state index in [1.54, 1.807) is 13.3 Å². The van der Waals surface area contributed by atoms with E-state index in [1.807, 2.05) is 31.2 Å². The number of nitrogens with one attached hydrogen (secondary N) is 1. The summed E-state index contributed by atoms with van der Waals surface area (Å²) in [6, 6.07) is 7.55. The number of aryl methyl sites for hydroxylation is 1. The molecule has 18 heavy (non-hydrogen) atoms. The highest BCUT2D eigenvalue weighted by atomic mass is 79.9. The van der Waals surface area contributed by atoms with Gasteiger partial charge in [0.1, 0.15) is 5.75 Å². The zero-order valence-electron chi connectivity index (χ0n) is 10.2. The number of rotatable bonds is 3. The van der Waals surface area contributed by atoms with E-state index in [9.17, 15) is 0 Å². The molecule has 0 fully saturated rings. The van der Waals surface area contributed by atoms with Crippen LogP contribution in [-0.4, -0.2) is 12.1 Å². The summed E-state index contributed by atoms with van der Waals surface area (Å²) in [5.74, 6) is 1.41. The van der Waals surface area contributed by atoms with Gasteiger partial charge < -0.3 is 15.8 Å². The number of pyridine rings is 1. The van der Waals surface area contributed by atoms with E-state index in [4.69, 9.17) is 10.5 Å². The minimum absolute atomic E-state index is 0.643. The van der Waals surface area contributed by atoms with Crippen LogP contribution in [0.3, 0.4) is 0 Å². The van der Waals surface area contributed by atoms with Crippen molar-refractivity contribution in [2.45, 2.75) is 6.92 Å². The zero-order chi connectivity index (χ0) is 13.1. The predicted molar refractivity (Wildman–Crippen MR) is 77.4 cm³/mol. The first-order valence-corrected chi connectivity index (χ1v) is 6.22. The Labute approximate surface area is 114 Å². The van der Waals surface area contributed by atoms with Crippen LogP contribution in [0.15, 0.2) is 34.9 Å². The van der Waals surface area contributed by atoms with Crippen LogP contribution >= 0.6 is 15.9 Å². The maximum Gasteiger partial charge on any atom is 0.153 e. The lowest BCUT2D eigenvalue weighted by Crippen LogP contribution is -2.01. The summed E-state index contributed by atoms with van der Waals surface area (Å²) >= 11 is 3.47. The van der Waals surface area contributed by atoms with E-state index < -0.39 is 0 Å². The van der Waals surface area contributed by atoms with Crippen molar-refractivity contribution in [3.8, 4) is 5.75 Å². The van der Waals surface area contributed by atoms with Crippen LogP contribution in [0, 0.1) is 6.92 Å². The molecule has 3 N–H and O–H groups in total. The van der Waals surface area contributed by atoms with Gasteiger partial charge in [-0.25, -0.2) is 4.98 Å². The molecular formula is C13H14BrN3O. The molecule has 1 aromatic carbocycles. The zero-order valence-corrected chi connectivity index (χ0v) is 11.8. The highest BCUT2D eigenvalue weighted by Crippen LogP contribution is 2.31. The number of ether oxygens (including phenoxy) is 1. The number of hydrogen-bond donors (Lipinski definition) is 2. The van der Waals surface area contributed by atoms with Crippen LogP contribution in [0.25, 0.3) is 0 Å². The summed E-state index contributed by atoms with van der Waals surface area (Å²) in [6.07, 6.45) is 1.72. The van der Waals surface area contributed by atoms with Crippen LogP contribution in [0.1, 0.15) is 5.56 Å². The van der Waals surface area contributed by atoms with Gasteiger partial charge in [-0.05, 0) is 46.6 Å². The fraction of sp³-hybridized carbons (Fsp3) is 0.154. The molecule has 1 heterocycles. The monoisotopic (exact) mass is 307 g/mol. The molecule has 0 aliphatic carbocycles. The first-order chi connectivity index (χ1) is 8.61. The topological polar surface area (TPSA) is 60.2 Å². The third kappa shape index (κ3) is 2.56. The van der Waals surface area contributed by atoms with Gasteiger partial charge >= 0.3 is 0 Å². The second-order valence-electron chi connectivity index (χ2n) is 3.86. The van der Waals surface area contributed by atoms with Gasteiger partial charge in [0.15, 0.2) is 5.82 Å². The summed E-state index contributed by atoms with van der Waals surface area (Å²) < 4.78 is 6.11. The van der Waals surface area contributed by atoms with Crippen molar-refractivity contribution in [2.24, 2.45) is 0 Å². The molecule has 0 saturated heterocycles. The first kappa shape index (κ1) is 12.7. The molecule has 1 aromatic heterocycles. The van der Waals surface area contributed by atoms with E-state index >= 15 is 0 Å². The molecule has 0 unspecified atom stereocenters. The number of nitrogens with zero attached hydrogens (tertiary/aromatic N) is 1. The molecule has 0 saturated carbocycles. The van der Waals surface area contributed by atoms with Gasteiger partial charge in [0.2, 0.25) is 0 Å². The molecule has 0 bridgehead atoms. The Morgan fingerprint density at radius 1 is 1.33 bits per heavy atom. The minimum Gasteiger partial charge on any atom is -0.497 e. The van der Waals surface area contributed by atoms with Crippen molar-refractivity contribution >= 4 is 33.1 Å². The molecule has 94 valence electrons. The Balaban J connectivity index is 2.36. The standard InChI is InChI=1S/C13H14BrN3O/c1-8-5-6-16-13(12(8)15)17-11-7-9(18-2)3-4-10(11)14/h3-7H,15H2,1-2H3,(H,16,17). The molecule has 0 spiro atoms. The van der Waals surface area contributed by atoms with Crippen LogP contribution in [0.4, 0.5) is 17.2 Å². The van der Waals surface area contributed by atoms with Crippen LogP contribution in [-0.2, 0) is 0 Å². The van der Waals surface area contributed by atoms with Crippen LogP contribution in [0.5, 0.6) is 5.75 Å². The molecule has 4 nitrogen and oxygen atoms in total. The average molecular weight is 308 g/mol. The number of nitrogen functional groups attached to an aromatic ring is 1. The number of hydrogen-bond acceptors (Lipinski definition) is 4. The summed E-state index contributed by atoms with van der Waals surface area (Å²) in [6.45, 7) is 1.95. The number of benzene rings is 1. The molecule has 0 radical (unpaired) electrons. The first-order valence-electron chi connectivity index (χ1n) is 5.43. The Morgan fingerprint density at radius 2 is 2.11 bits per heavy atom. The van der Waals surface area contributed by atoms with E-state index in [0.29, 0.717) is 11.5 Å². The van der Waals surface area contributed by atoms with Gasteiger partial charge in [-0.2, -0.15) is 0 Å². The SMILES string of the molecule is COc1ccc(Br)c(Nc2nccc(C)c2N)c1. The average Bonchev–Trinajstić information content (AvgIpc) is 2.37. The number of halogens is 1. The highest BCUT2D eigenvalue weighted by Gasteiger charge is 2.07. The maximum absolute atomic E-state index is 5.98. The lowest BCUT2D eigenvalue weighted by atomic mass is 10.2. The summed E-state index contributed by atoms with van der Waals surface area (Å²) in [5, 5.41) is 3.19. The molecule has 2 aromatic rings. The van der Waals surface area contributed by atoms with Gasteiger partial charge in [-0.1, -0.05) is 0 Å². The van der Waals surface area contributed by atoms with Crippen molar-refractivity contribution < 1.29 is 4.74 Å². The highest BCUT2D eigenvalue weighted by molar-refractivity contribution is 9.10. The Morgan fingerprint density at radius 3 is 2.83 bits per heavy atom. The van der Waals surface area contributed by atoms with E-state index in [0.717, 1.165) is 21.5 Å². The number of aromatic nitrogens is 1. The fourth-order valence-electron chi connectivity index (χ4n) is 1.52. The fourth-order valence-corrected chi connectivity index (χ4v) is 1.87. The third-order valence-electron chi connectivity index (χ3n) is 2.63. The quantitative estimate of drug-likeness (QED) is 0.911. The summed E-state index contributed by atoms with van der Waals surface area (Å²) in [5.41, 5.74) is 8.48. The van der Waals surface area contributed by atoms with E-state index in [1.165, 1.54) is 0 Å². The van der Waals surface area contributed by atoms with Crippen LogP contribution < -0.4 is 15.8 Å². The molecular weight excluding hydrogens is 294 g/mol. The predicted octanol–water partition coefficient (Wildman–Crippen LogP) is 3.49. The lowest BCUT2D eigenvalue weighted by molar-refractivity contribution is 0.415. The van der Waals surface area contributed by atoms with Gasteiger partial charge in [-0.3, -0.25) is 0 Å². The molecule has 2 rings (SSSR count). The van der Waals surface area contributed by atoms with Crippen molar-refractivity contribution in [3.05, 3.63) is 40.5 Å². The Bertz CT molecular complexity index is 572. The number of nitrogens with two attached hydrogens (primary N) is 1. The Kier molecular flexibility index (Phi) is 3.72. The number of anilines is 3. The molecule has 0 amide bonds. The molecule has 0 aliphatic rings. The van der Waals surface area contributed by atoms with E-state index in [-0.39, 0.29) is 0 Å². The van der Waals surface area contributed by atoms with Crippen LogP contribution in [0.2, 0.25) is 0 Å². The Hall–Kier alpha value is -1.75. The molecule has 0 aliphatic heterocycles. The third-order valence-corrected chi connectivity index (χ3v) is 3.33. The van der Waals surface area contributed by atoms with Gasteiger partial charge in [-0.15, -0.1) is 0 Å². The van der Waals surface area contributed by atoms with Gasteiger partial charge in [0.25, 0.3) is 0 Å². The van der Waals surface area contributed by atoms with Crippen molar-refractivity contribution in [1.29, 1.82) is 0 Å². The van der Waals surface area contributed by atoms with E-state index in [2.05, 4.69) is 26.2 Å². The largest absolute Gasteiger partial charge is 0.497 e. The van der Waals surface area contributed by atoms with Crippen molar-refractivity contribution in [2.75, 3.05) is 18.2 Å². The smallest absolute Gasteiger partial charge is 0.153 e. The van der Waals surface area contributed by atoms with Gasteiger partial charge in [0, 0.05) is 16.7 Å². The second-order valence-corrected chi connectivity index (χ2v) is 4.72. The van der Waals surface area contributed by atoms with Gasteiger partial charge in [0.05, 0.1) is 18.5 Å². The summed E-state index contributed by atoms with van der Waals surface area (Å²) in [4.78, 5) is 4.23.